The molecule has 2 N–H and O–H groups in total. The molecule has 94 valence electrons. The minimum atomic E-state index is -0.0161. The van der Waals surface area contributed by atoms with Gasteiger partial charge in [-0.15, -0.1) is 0 Å². The Morgan fingerprint density at radius 3 is 2.71 bits per heavy atom. The normalized spacial score (nSPS) is 12.2. The highest BCUT2D eigenvalue weighted by Crippen LogP contribution is 2.14. The minimum Gasteiger partial charge on any atom is -0.399 e. The van der Waals surface area contributed by atoms with E-state index in [1.54, 1.807) is 31.2 Å². The van der Waals surface area contributed by atoms with Crippen LogP contribution in [-0.2, 0) is 4.74 Å². The van der Waals surface area contributed by atoms with Crippen LogP contribution >= 0.6 is 0 Å². The Labute approximate surface area is 102 Å². The van der Waals surface area contributed by atoms with Crippen molar-refractivity contribution in [1.82, 2.24) is 4.90 Å². The first-order valence-corrected chi connectivity index (χ1v) is 5.59. The number of hydrogen-bond acceptors (Lipinski definition) is 3. The van der Waals surface area contributed by atoms with Crippen LogP contribution < -0.4 is 5.73 Å². The highest BCUT2D eigenvalue weighted by atomic mass is 16.5. The fourth-order valence-electron chi connectivity index (χ4n) is 1.57. The highest BCUT2D eigenvalue weighted by Gasteiger charge is 2.17. The molecule has 0 saturated carbocycles. The number of aryl methyl sites for hydroxylation is 1. The van der Waals surface area contributed by atoms with Crippen LogP contribution in [0, 0.1) is 6.92 Å². The van der Waals surface area contributed by atoms with E-state index in [4.69, 9.17) is 10.5 Å². The molecule has 1 amide bonds. The fraction of sp³-hybridized carbons (Fsp3) is 0.462. The number of likely N-dealkylation sites (N-methyl/N-ethyl adjacent to an activating group) is 1. The number of amides is 1. The average Bonchev–Trinajstić information content (AvgIpc) is 2.31. The van der Waals surface area contributed by atoms with Gasteiger partial charge in [-0.2, -0.15) is 0 Å². The van der Waals surface area contributed by atoms with E-state index in [0.29, 0.717) is 17.9 Å². The monoisotopic (exact) mass is 236 g/mol. The number of hydrogen-bond donors (Lipinski definition) is 1. The summed E-state index contributed by atoms with van der Waals surface area (Å²) >= 11 is 0. The molecule has 4 nitrogen and oxygen atoms in total. The number of ether oxygens (including phenoxy) is 1. The molecule has 0 fully saturated rings. The van der Waals surface area contributed by atoms with Crippen LogP contribution in [0.2, 0.25) is 0 Å². The van der Waals surface area contributed by atoms with Crippen molar-refractivity contribution in [3.63, 3.8) is 0 Å². The number of methoxy groups -OCH3 is 1. The van der Waals surface area contributed by atoms with Crippen molar-refractivity contribution in [3.8, 4) is 0 Å². The molecule has 0 spiro atoms. The summed E-state index contributed by atoms with van der Waals surface area (Å²) < 4.78 is 5.04. The molecular formula is C13H20N2O2. The van der Waals surface area contributed by atoms with Gasteiger partial charge in [0.25, 0.3) is 5.91 Å². The maximum Gasteiger partial charge on any atom is 0.253 e. The molecule has 1 rings (SSSR count). The lowest BCUT2D eigenvalue weighted by Gasteiger charge is -2.24. The lowest BCUT2D eigenvalue weighted by molar-refractivity contribution is 0.0633. The zero-order chi connectivity index (χ0) is 13.0. The molecule has 0 radical (unpaired) electrons. The van der Waals surface area contributed by atoms with Gasteiger partial charge in [0, 0.05) is 25.4 Å². The van der Waals surface area contributed by atoms with E-state index >= 15 is 0 Å². The number of nitrogens with zero attached hydrogens (tertiary/aromatic N) is 1. The molecule has 0 saturated heterocycles. The highest BCUT2D eigenvalue weighted by molar-refractivity contribution is 5.94. The molecule has 17 heavy (non-hydrogen) atoms. The lowest BCUT2D eigenvalue weighted by Crippen LogP contribution is -2.37. The average molecular weight is 236 g/mol. The second-order valence-electron chi connectivity index (χ2n) is 4.29. The van der Waals surface area contributed by atoms with E-state index in [-0.39, 0.29) is 11.9 Å². The van der Waals surface area contributed by atoms with Crippen molar-refractivity contribution in [2.24, 2.45) is 0 Å². The van der Waals surface area contributed by atoms with Gasteiger partial charge in [0.15, 0.2) is 0 Å². The third-order valence-corrected chi connectivity index (χ3v) is 2.91. The summed E-state index contributed by atoms with van der Waals surface area (Å²) in [4.78, 5) is 13.8. The van der Waals surface area contributed by atoms with Crippen molar-refractivity contribution in [3.05, 3.63) is 29.3 Å². The molecule has 1 atom stereocenters. The molecular weight excluding hydrogens is 216 g/mol. The summed E-state index contributed by atoms with van der Waals surface area (Å²) in [6.07, 6.45) is 0. The lowest BCUT2D eigenvalue weighted by atomic mass is 10.1. The number of anilines is 1. The first-order valence-electron chi connectivity index (χ1n) is 5.59. The van der Waals surface area contributed by atoms with Crippen LogP contribution in [0.4, 0.5) is 5.69 Å². The predicted octanol–water partition coefficient (Wildman–Crippen LogP) is 1.68. The molecule has 1 unspecified atom stereocenters. The Kier molecular flexibility index (Phi) is 4.52. The topological polar surface area (TPSA) is 55.6 Å². The number of nitrogen functional groups attached to an aromatic ring is 1. The minimum absolute atomic E-state index is 0.0161. The molecule has 0 heterocycles. The van der Waals surface area contributed by atoms with Gasteiger partial charge in [-0.05, 0) is 37.6 Å². The van der Waals surface area contributed by atoms with Crippen molar-refractivity contribution in [2.45, 2.75) is 19.9 Å². The van der Waals surface area contributed by atoms with Crippen LogP contribution in [-0.4, -0.2) is 37.6 Å². The van der Waals surface area contributed by atoms with Crippen molar-refractivity contribution in [1.29, 1.82) is 0 Å². The third kappa shape index (κ3) is 3.20. The summed E-state index contributed by atoms with van der Waals surface area (Å²) in [5.74, 6) is -0.0161. The van der Waals surface area contributed by atoms with Crippen molar-refractivity contribution >= 4 is 11.6 Å². The van der Waals surface area contributed by atoms with Crippen LogP contribution in [0.1, 0.15) is 22.8 Å². The van der Waals surface area contributed by atoms with Crippen LogP contribution in [0.15, 0.2) is 18.2 Å². The van der Waals surface area contributed by atoms with Gasteiger partial charge in [0.2, 0.25) is 0 Å². The zero-order valence-corrected chi connectivity index (χ0v) is 10.9. The maximum atomic E-state index is 12.2. The van der Waals surface area contributed by atoms with E-state index in [9.17, 15) is 4.79 Å². The molecule has 0 bridgehead atoms. The van der Waals surface area contributed by atoms with E-state index in [1.165, 1.54) is 0 Å². The third-order valence-electron chi connectivity index (χ3n) is 2.91. The smallest absolute Gasteiger partial charge is 0.253 e. The second-order valence-corrected chi connectivity index (χ2v) is 4.29. The largest absolute Gasteiger partial charge is 0.399 e. The first kappa shape index (κ1) is 13.5. The quantitative estimate of drug-likeness (QED) is 0.809. The fourth-order valence-corrected chi connectivity index (χ4v) is 1.57. The van der Waals surface area contributed by atoms with E-state index in [1.807, 2.05) is 19.9 Å². The number of benzene rings is 1. The van der Waals surface area contributed by atoms with E-state index < -0.39 is 0 Å². The van der Waals surface area contributed by atoms with Gasteiger partial charge < -0.3 is 15.4 Å². The maximum absolute atomic E-state index is 12.2. The Balaban J connectivity index is 2.85. The Morgan fingerprint density at radius 1 is 1.53 bits per heavy atom. The zero-order valence-electron chi connectivity index (χ0n) is 10.9. The summed E-state index contributed by atoms with van der Waals surface area (Å²) in [6.45, 7) is 4.37. The van der Waals surface area contributed by atoms with Gasteiger partial charge in [-0.25, -0.2) is 0 Å². The first-order chi connectivity index (χ1) is 7.97. The van der Waals surface area contributed by atoms with Gasteiger partial charge in [-0.1, -0.05) is 0 Å². The van der Waals surface area contributed by atoms with E-state index in [2.05, 4.69) is 0 Å². The van der Waals surface area contributed by atoms with E-state index in [0.717, 1.165) is 5.56 Å². The number of nitrogens with two attached hydrogens (primary N) is 1. The predicted molar refractivity (Wildman–Crippen MR) is 69.0 cm³/mol. The molecule has 0 aliphatic heterocycles. The molecule has 0 aliphatic carbocycles. The standard InChI is InChI=1S/C13H20N2O2/c1-9-7-11(5-6-12(9)14)13(16)15(3)10(2)8-17-4/h5-7,10H,8,14H2,1-4H3. The van der Waals surface area contributed by atoms with Crippen molar-refractivity contribution in [2.75, 3.05) is 26.5 Å². The Hall–Kier alpha value is -1.55. The molecule has 1 aromatic rings. The summed E-state index contributed by atoms with van der Waals surface area (Å²) in [7, 11) is 3.40. The molecule has 1 aromatic carbocycles. The van der Waals surface area contributed by atoms with Crippen molar-refractivity contribution < 1.29 is 9.53 Å². The molecule has 0 aromatic heterocycles. The molecule has 4 heteroatoms. The van der Waals surface area contributed by atoms with Crippen LogP contribution in [0.25, 0.3) is 0 Å². The number of carbonyl (C=O) groups is 1. The Morgan fingerprint density at radius 2 is 2.18 bits per heavy atom. The van der Waals surface area contributed by atoms with Gasteiger partial charge in [0.1, 0.15) is 0 Å². The molecule has 0 aliphatic rings. The SMILES string of the molecule is COCC(C)N(C)C(=O)c1ccc(N)c(C)c1. The second kappa shape index (κ2) is 5.68. The summed E-state index contributed by atoms with van der Waals surface area (Å²) in [5.41, 5.74) is 8.01. The van der Waals surface area contributed by atoms with Crippen LogP contribution in [0.5, 0.6) is 0 Å². The van der Waals surface area contributed by atoms with Gasteiger partial charge in [0.05, 0.1) is 12.6 Å². The summed E-state index contributed by atoms with van der Waals surface area (Å²) in [5, 5.41) is 0. The number of carbonyl (C=O) groups excluding carboxylic acids is 1. The van der Waals surface area contributed by atoms with Crippen LogP contribution in [0.3, 0.4) is 0 Å². The summed E-state index contributed by atoms with van der Waals surface area (Å²) in [6, 6.07) is 5.37. The van der Waals surface area contributed by atoms with Gasteiger partial charge >= 0.3 is 0 Å². The number of rotatable bonds is 4. The van der Waals surface area contributed by atoms with Gasteiger partial charge in [-0.3, -0.25) is 4.79 Å². The Bertz CT molecular complexity index is 404.